The monoisotopic (exact) mass is 464 g/mol. The van der Waals surface area contributed by atoms with Crippen LogP contribution in [0, 0.1) is 19.8 Å². The lowest BCUT2D eigenvalue weighted by atomic mass is 9.99. The van der Waals surface area contributed by atoms with Gasteiger partial charge in [0.2, 0.25) is 5.91 Å². The highest BCUT2D eigenvalue weighted by atomic mass is 35.5. The average Bonchev–Trinajstić information content (AvgIpc) is 2.74. The van der Waals surface area contributed by atoms with Crippen molar-refractivity contribution in [1.82, 2.24) is 5.32 Å². The van der Waals surface area contributed by atoms with Crippen LogP contribution in [0.2, 0.25) is 5.02 Å². The smallest absolute Gasteiger partial charge is 0.264 e. The van der Waals surface area contributed by atoms with Crippen LogP contribution in [0.3, 0.4) is 0 Å². The van der Waals surface area contributed by atoms with E-state index in [1.54, 1.807) is 12.1 Å². The molecule has 0 spiro atoms. The number of unbranched alkanes of at least 4 members (excludes halogenated alkanes) is 1. The molecule has 31 heavy (non-hydrogen) atoms. The molecule has 170 valence electrons. The average molecular weight is 465 g/mol. The SMILES string of the molecule is CCCC[C@H](CC)CNC(=O)CN(c1ccc(C)c(C)c1)S(=O)(=O)c1ccc(Cl)cc1. The predicted octanol–water partition coefficient (Wildman–Crippen LogP) is 5.48. The Morgan fingerprint density at radius 3 is 2.32 bits per heavy atom. The van der Waals surface area contributed by atoms with E-state index in [1.807, 2.05) is 19.9 Å². The van der Waals surface area contributed by atoms with Crippen LogP contribution in [0.25, 0.3) is 0 Å². The number of anilines is 1. The Balaban J connectivity index is 2.29. The lowest BCUT2D eigenvalue weighted by Gasteiger charge is -2.25. The summed E-state index contributed by atoms with van der Waals surface area (Å²) in [6.45, 7) is 8.42. The highest BCUT2D eigenvalue weighted by Gasteiger charge is 2.27. The Morgan fingerprint density at radius 1 is 1.06 bits per heavy atom. The number of nitrogens with one attached hydrogen (secondary N) is 1. The standard InChI is InChI=1S/C24H33ClN2O3S/c1-5-7-8-20(6-2)16-26-24(28)17-27(22-12-9-18(3)19(4)15-22)31(29,30)23-13-10-21(25)11-14-23/h9-15,20H,5-8,16-17H2,1-4H3,(H,26,28)/t20-/m0/s1. The van der Waals surface area contributed by atoms with E-state index in [0.717, 1.165) is 36.8 Å². The molecule has 0 aliphatic rings. The minimum Gasteiger partial charge on any atom is -0.354 e. The van der Waals surface area contributed by atoms with E-state index >= 15 is 0 Å². The minimum absolute atomic E-state index is 0.0947. The van der Waals surface area contributed by atoms with Gasteiger partial charge in [-0.1, -0.05) is 50.8 Å². The molecule has 1 amide bonds. The first-order chi connectivity index (χ1) is 14.7. The molecule has 5 nitrogen and oxygen atoms in total. The van der Waals surface area contributed by atoms with Crippen molar-refractivity contribution in [2.24, 2.45) is 5.92 Å². The number of hydrogen-bond donors (Lipinski definition) is 1. The molecule has 2 rings (SSSR count). The Bertz CT molecular complexity index is 975. The van der Waals surface area contributed by atoms with Gasteiger partial charge in [-0.2, -0.15) is 0 Å². The molecular formula is C24H33ClN2O3S. The van der Waals surface area contributed by atoms with Crippen molar-refractivity contribution < 1.29 is 13.2 Å². The summed E-state index contributed by atoms with van der Waals surface area (Å²) in [6.07, 6.45) is 4.26. The zero-order valence-electron chi connectivity index (χ0n) is 18.8. The van der Waals surface area contributed by atoms with E-state index in [0.29, 0.717) is 23.2 Å². The third-order valence-corrected chi connectivity index (χ3v) is 7.64. The van der Waals surface area contributed by atoms with Crippen LogP contribution in [-0.2, 0) is 14.8 Å². The number of amides is 1. The lowest BCUT2D eigenvalue weighted by molar-refractivity contribution is -0.119. The van der Waals surface area contributed by atoms with Crippen molar-refractivity contribution in [3.05, 3.63) is 58.6 Å². The fraction of sp³-hybridized carbons (Fsp3) is 0.458. The second kappa shape index (κ2) is 11.5. The van der Waals surface area contributed by atoms with E-state index in [-0.39, 0.29) is 17.3 Å². The van der Waals surface area contributed by atoms with Gasteiger partial charge in [-0.05, 0) is 73.7 Å². The van der Waals surface area contributed by atoms with Gasteiger partial charge >= 0.3 is 0 Å². The van der Waals surface area contributed by atoms with Crippen LogP contribution in [0.1, 0.15) is 50.7 Å². The highest BCUT2D eigenvalue weighted by Crippen LogP contribution is 2.26. The zero-order chi connectivity index (χ0) is 23.0. The van der Waals surface area contributed by atoms with E-state index in [1.165, 1.54) is 28.6 Å². The van der Waals surface area contributed by atoms with E-state index in [2.05, 4.69) is 19.2 Å². The molecular weight excluding hydrogens is 432 g/mol. The molecule has 1 N–H and O–H groups in total. The number of nitrogens with zero attached hydrogens (tertiary/aromatic N) is 1. The second-order valence-electron chi connectivity index (χ2n) is 7.95. The van der Waals surface area contributed by atoms with Crippen LogP contribution in [0.15, 0.2) is 47.4 Å². The van der Waals surface area contributed by atoms with Crippen molar-refractivity contribution in [2.45, 2.75) is 58.3 Å². The van der Waals surface area contributed by atoms with Crippen molar-refractivity contribution in [3.63, 3.8) is 0 Å². The Hall–Kier alpha value is -2.05. The van der Waals surface area contributed by atoms with E-state index in [9.17, 15) is 13.2 Å². The summed E-state index contributed by atoms with van der Waals surface area (Å²) in [5, 5.41) is 3.39. The Labute approximate surface area is 191 Å². The summed E-state index contributed by atoms with van der Waals surface area (Å²) in [4.78, 5) is 12.9. The molecule has 0 saturated heterocycles. The highest BCUT2D eigenvalue weighted by molar-refractivity contribution is 7.92. The topological polar surface area (TPSA) is 66.5 Å². The van der Waals surface area contributed by atoms with Gasteiger partial charge in [0.1, 0.15) is 6.54 Å². The van der Waals surface area contributed by atoms with Gasteiger partial charge < -0.3 is 5.32 Å². The molecule has 1 atom stereocenters. The molecule has 0 aliphatic carbocycles. The fourth-order valence-electron chi connectivity index (χ4n) is 3.32. The molecule has 2 aromatic carbocycles. The molecule has 0 bridgehead atoms. The summed E-state index contributed by atoms with van der Waals surface area (Å²) in [6, 6.07) is 11.4. The minimum atomic E-state index is -3.94. The summed E-state index contributed by atoms with van der Waals surface area (Å²) in [5.74, 6) is 0.0811. The van der Waals surface area contributed by atoms with Crippen LogP contribution < -0.4 is 9.62 Å². The predicted molar refractivity (Wildman–Crippen MR) is 128 cm³/mol. The first-order valence-electron chi connectivity index (χ1n) is 10.8. The quantitative estimate of drug-likeness (QED) is 0.478. The number of carbonyl (C=O) groups excluding carboxylic acids is 1. The summed E-state index contributed by atoms with van der Waals surface area (Å²) in [5.41, 5.74) is 2.48. The maximum atomic E-state index is 13.4. The van der Waals surface area contributed by atoms with Crippen molar-refractivity contribution >= 4 is 33.2 Å². The van der Waals surface area contributed by atoms with Crippen LogP contribution in [0.5, 0.6) is 0 Å². The van der Waals surface area contributed by atoms with Crippen molar-refractivity contribution in [2.75, 3.05) is 17.4 Å². The molecule has 2 aromatic rings. The zero-order valence-corrected chi connectivity index (χ0v) is 20.4. The van der Waals surface area contributed by atoms with Crippen LogP contribution in [0.4, 0.5) is 5.69 Å². The number of hydrogen-bond acceptors (Lipinski definition) is 3. The first kappa shape index (κ1) is 25.2. The normalized spacial score (nSPS) is 12.4. The molecule has 0 unspecified atom stereocenters. The Kier molecular flexibility index (Phi) is 9.38. The Morgan fingerprint density at radius 2 is 1.74 bits per heavy atom. The summed E-state index contributed by atoms with van der Waals surface area (Å²) in [7, 11) is -3.94. The van der Waals surface area contributed by atoms with E-state index < -0.39 is 10.0 Å². The number of rotatable bonds is 11. The lowest BCUT2D eigenvalue weighted by Crippen LogP contribution is -2.42. The van der Waals surface area contributed by atoms with Crippen LogP contribution in [-0.4, -0.2) is 27.4 Å². The molecule has 0 saturated carbocycles. The third-order valence-electron chi connectivity index (χ3n) is 5.60. The summed E-state index contributed by atoms with van der Waals surface area (Å²) < 4.78 is 28.0. The number of benzene rings is 2. The van der Waals surface area contributed by atoms with Gasteiger partial charge in [-0.3, -0.25) is 9.10 Å². The van der Waals surface area contributed by atoms with Gasteiger partial charge in [-0.25, -0.2) is 8.42 Å². The van der Waals surface area contributed by atoms with Gasteiger partial charge in [0.05, 0.1) is 10.6 Å². The first-order valence-corrected chi connectivity index (χ1v) is 12.6. The second-order valence-corrected chi connectivity index (χ2v) is 10.3. The number of carbonyl (C=O) groups is 1. The largest absolute Gasteiger partial charge is 0.354 e. The molecule has 7 heteroatoms. The molecule has 0 radical (unpaired) electrons. The fourth-order valence-corrected chi connectivity index (χ4v) is 4.86. The molecule has 0 aromatic heterocycles. The molecule has 0 heterocycles. The maximum Gasteiger partial charge on any atom is 0.264 e. The summed E-state index contributed by atoms with van der Waals surface area (Å²) >= 11 is 5.93. The van der Waals surface area contributed by atoms with Crippen LogP contribution >= 0.6 is 11.6 Å². The van der Waals surface area contributed by atoms with Gasteiger partial charge in [-0.15, -0.1) is 0 Å². The maximum absolute atomic E-state index is 13.4. The molecule has 0 aliphatic heterocycles. The number of halogens is 1. The van der Waals surface area contributed by atoms with Gasteiger partial charge in [0.25, 0.3) is 10.0 Å². The van der Waals surface area contributed by atoms with Crippen molar-refractivity contribution in [1.29, 1.82) is 0 Å². The van der Waals surface area contributed by atoms with Gasteiger partial charge in [0.15, 0.2) is 0 Å². The molecule has 0 fully saturated rings. The third kappa shape index (κ3) is 6.97. The van der Waals surface area contributed by atoms with Gasteiger partial charge in [0, 0.05) is 11.6 Å². The number of aryl methyl sites for hydroxylation is 2. The van der Waals surface area contributed by atoms with Crippen molar-refractivity contribution in [3.8, 4) is 0 Å². The van der Waals surface area contributed by atoms with E-state index in [4.69, 9.17) is 11.6 Å². The number of sulfonamides is 1.